The fourth-order valence-electron chi connectivity index (χ4n) is 4.79. The molecule has 4 aromatic rings. The van der Waals surface area contributed by atoms with Crippen LogP contribution in [0.2, 0.25) is 0 Å². The van der Waals surface area contributed by atoms with Gasteiger partial charge in [-0.05, 0) is 83.1 Å². The maximum Gasteiger partial charge on any atom is 0.211 e. The normalized spacial score (nSPS) is 13.4. The third kappa shape index (κ3) is 12.3. The molecule has 276 valence electrons. The van der Waals surface area contributed by atoms with Crippen molar-refractivity contribution in [2.24, 2.45) is 11.8 Å². The molecule has 3 unspecified atom stereocenters. The van der Waals surface area contributed by atoms with Crippen molar-refractivity contribution in [3.63, 3.8) is 0 Å². The van der Waals surface area contributed by atoms with Crippen molar-refractivity contribution in [2.45, 2.75) is 85.4 Å². The maximum atomic E-state index is 13.1. The molecule has 4 aromatic carbocycles. The lowest BCUT2D eigenvalue weighted by atomic mass is 9.92. The number of nitrogens with one attached hydrogen (secondary N) is 1. The monoisotopic (exact) mass is 725 g/mol. The Morgan fingerprint density at radius 3 is 1.67 bits per heavy atom. The van der Waals surface area contributed by atoms with Gasteiger partial charge in [0.15, 0.2) is 23.6 Å². The van der Waals surface area contributed by atoms with Gasteiger partial charge >= 0.3 is 0 Å². The van der Waals surface area contributed by atoms with E-state index in [0.29, 0.717) is 23.2 Å². The van der Waals surface area contributed by atoms with Crippen LogP contribution in [-0.4, -0.2) is 40.0 Å². The third-order valence-corrected chi connectivity index (χ3v) is 9.24. The highest BCUT2D eigenvalue weighted by Crippen LogP contribution is 2.30. The molecule has 0 saturated carbocycles. The molecular weight excluding hydrogens is 675 g/mol. The van der Waals surface area contributed by atoms with Gasteiger partial charge in [-0.1, -0.05) is 87.7 Å². The van der Waals surface area contributed by atoms with E-state index in [0.717, 1.165) is 5.69 Å². The highest BCUT2D eigenvalue weighted by molar-refractivity contribution is 7.85. The number of ketones is 4. The predicted molar refractivity (Wildman–Crippen MR) is 209 cm³/mol. The molecule has 52 heavy (non-hydrogen) atoms. The fourth-order valence-corrected chi connectivity index (χ4v) is 5.89. The molecule has 0 bridgehead atoms. The van der Waals surface area contributed by atoms with Crippen LogP contribution in [-0.2, 0) is 20.4 Å². The Labute approximate surface area is 310 Å². The largest absolute Gasteiger partial charge is 0.329 e. The van der Waals surface area contributed by atoms with Crippen molar-refractivity contribution in [1.82, 2.24) is 0 Å². The molecule has 0 radical (unpaired) electrons. The Balaban J connectivity index is 0.000000498. The summed E-state index contributed by atoms with van der Waals surface area (Å²) in [5.74, 6) is -3.00. The summed E-state index contributed by atoms with van der Waals surface area (Å²) < 4.78 is 13.1. The van der Waals surface area contributed by atoms with Gasteiger partial charge in [0, 0.05) is 44.2 Å². The zero-order chi connectivity index (χ0) is 39.5. The van der Waals surface area contributed by atoms with Crippen LogP contribution in [0.3, 0.4) is 0 Å². The van der Waals surface area contributed by atoms with Crippen molar-refractivity contribution in [3.05, 3.63) is 124 Å². The fraction of sp³-hybridized carbons (Fsp3) is 0.302. The summed E-state index contributed by atoms with van der Waals surface area (Å²) in [4.78, 5) is 70.9. The summed E-state index contributed by atoms with van der Waals surface area (Å²) in [5.41, 5.74) is 5.38. The van der Waals surface area contributed by atoms with Crippen molar-refractivity contribution in [1.29, 1.82) is 0 Å². The van der Waals surface area contributed by atoms with Crippen LogP contribution in [0.5, 0.6) is 0 Å². The van der Waals surface area contributed by atoms with Crippen molar-refractivity contribution >= 4 is 52.3 Å². The van der Waals surface area contributed by atoms with E-state index in [1.54, 1.807) is 6.92 Å². The van der Waals surface area contributed by atoms with E-state index in [1.807, 2.05) is 58.9 Å². The second kappa shape index (κ2) is 22.6. The van der Waals surface area contributed by atoms with E-state index >= 15 is 0 Å². The van der Waals surface area contributed by atoms with Crippen LogP contribution < -0.4 is 5.32 Å². The lowest BCUT2D eigenvalue weighted by molar-refractivity contribution is -0.120. The standard InChI is InChI=1S/C23H20O6S.C8H9NO.C8H10.2C2H6/c1-4-20(25)12(2)21(26)18-9-15(6-5-14(18)11-24)30(29)16-7-8-17-19(10-16)23(28)13(3)22(17)27;1-7-2-4-8(5-3-7)9-6-10;1-7-3-5-8(2)6-4-7;2*1-2/h5-13H,4H2,1-3H3;2-6H,1H3,(H,9,10);3-6H,1-2H3;2*1-2H3. The smallest absolute Gasteiger partial charge is 0.211 e. The molecule has 0 heterocycles. The molecule has 1 amide bonds. The Bertz CT molecular complexity index is 1840. The molecule has 9 heteroatoms. The lowest BCUT2D eigenvalue weighted by Gasteiger charge is -2.12. The van der Waals surface area contributed by atoms with Crippen molar-refractivity contribution in [3.8, 4) is 0 Å². The van der Waals surface area contributed by atoms with E-state index in [2.05, 4.69) is 43.4 Å². The number of amides is 1. The number of benzene rings is 4. The highest BCUT2D eigenvalue weighted by Gasteiger charge is 2.35. The van der Waals surface area contributed by atoms with Crippen LogP contribution in [0, 0.1) is 32.6 Å². The molecule has 1 aliphatic carbocycles. The second-order valence-corrected chi connectivity index (χ2v) is 13.0. The first kappa shape index (κ1) is 44.9. The van der Waals surface area contributed by atoms with Crippen LogP contribution in [0.1, 0.15) is 113 Å². The van der Waals surface area contributed by atoms with Gasteiger partial charge in [-0.15, -0.1) is 0 Å². The van der Waals surface area contributed by atoms with E-state index in [9.17, 15) is 33.0 Å². The number of aryl methyl sites for hydroxylation is 3. The zero-order valence-corrected chi connectivity index (χ0v) is 32.7. The minimum Gasteiger partial charge on any atom is -0.329 e. The first-order valence-corrected chi connectivity index (χ1v) is 18.6. The molecule has 8 nitrogen and oxygen atoms in total. The Morgan fingerprint density at radius 2 is 1.19 bits per heavy atom. The van der Waals surface area contributed by atoms with Crippen LogP contribution in [0.15, 0.2) is 94.7 Å². The van der Waals surface area contributed by atoms with E-state index in [1.165, 1.54) is 66.9 Å². The van der Waals surface area contributed by atoms with Gasteiger partial charge in [0.05, 0.1) is 22.6 Å². The highest BCUT2D eigenvalue weighted by atomic mass is 32.2. The van der Waals surface area contributed by atoms with Gasteiger partial charge in [0.1, 0.15) is 5.78 Å². The summed E-state index contributed by atoms with van der Waals surface area (Å²) in [6.07, 6.45) is 1.38. The molecule has 0 aromatic heterocycles. The van der Waals surface area contributed by atoms with E-state index in [-0.39, 0.29) is 45.4 Å². The number of rotatable bonds is 9. The molecule has 0 saturated heterocycles. The number of fused-ring (bicyclic) bond motifs is 1. The number of anilines is 1. The van der Waals surface area contributed by atoms with Crippen LogP contribution in [0.4, 0.5) is 5.69 Å². The molecule has 1 N–H and O–H groups in total. The molecule has 0 aliphatic heterocycles. The van der Waals surface area contributed by atoms with E-state index in [4.69, 9.17) is 0 Å². The van der Waals surface area contributed by atoms with Gasteiger partial charge < -0.3 is 5.32 Å². The molecule has 5 rings (SSSR count). The van der Waals surface area contributed by atoms with Crippen molar-refractivity contribution in [2.75, 3.05) is 5.32 Å². The van der Waals surface area contributed by atoms with Gasteiger partial charge in [-0.3, -0.25) is 28.8 Å². The molecule has 3 atom stereocenters. The molecule has 0 spiro atoms. The van der Waals surface area contributed by atoms with Crippen molar-refractivity contribution < 1.29 is 33.0 Å². The summed E-state index contributed by atoms with van der Waals surface area (Å²) in [6, 6.07) is 24.8. The number of carbonyl (C=O) groups is 6. The minimum absolute atomic E-state index is 0.0335. The molecule has 1 aliphatic rings. The Morgan fingerprint density at radius 1 is 0.731 bits per heavy atom. The number of hydrogen-bond donors (Lipinski definition) is 1. The van der Waals surface area contributed by atoms with Gasteiger partial charge in [0.2, 0.25) is 6.41 Å². The topological polar surface area (TPSA) is 132 Å². The van der Waals surface area contributed by atoms with Gasteiger partial charge in [-0.2, -0.15) is 0 Å². The van der Waals surface area contributed by atoms with Gasteiger partial charge in [-0.25, -0.2) is 4.21 Å². The number of hydrogen-bond acceptors (Lipinski definition) is 7. The summed E-state index contributed by atoms with van der Waals surface area (Å²) in [7, 11) is -1.76. The average Bonchev–Trinajstić information content (AvgIpc) is 3.40. The summed E-state index contributed by atoms with van der Waals surface area (Å²) in [5, 5.41) is 2.55. The Kier molecular flexibility index (Phi) is 19.5. The Hall–Kier alpha value is -5.15. The first-order chi connectivity index (χ1) is 24.8. The average molecular weight is 726 g/mol. The summed E-state index contributed by atoms with van der Waals surface area (Å²) in [6.45, 7) is 18.9. The first-order valence-electron chi connectivity index (χ1n) is 17.4. The maximum absolute atomic E-state index is 13.1. The quantitative estimate of drug-likeness (QED) is 0.103. The second-order valence-electron chi connectivity index (χ2n) is 11.5. The zero-order valence-electron chi connectivity index (χ0n) is 31.9. The summed E-state index contributed by atoms with van der Waals surface area (Å²) >= 11 is 0. The predicted octanol–water partition coefficient (Wildman–Crippen LogP) is 9.40. The number of Topliss-reactive ketones (excluding diaryl/α,β-unsaturated/α-hetero) is 4. The molecule has 0 fully saturated rings. The molecular formula is C43H51NO7S. The number of carbonyl (C=O) groups excluding carboxylic acids is 6. The van der Waals surface area contributed by atoms with Gasteiger partial charge in [0.25, 0.3) is 0 Å². The SMILES string of the molecule is CC.CC.CCC(=O)C(C)C(=O)c1cc(S(=O)c2ccc3c(c2)C(=O)C(C)C3=O)ccc1C=O.Cc1ccc(C)cc1.Cc1ccc(NC=O)cc1. The van der Waals surface area contributed by atoms with Crippen LogP contribution in [0.25, 0.3) is 0 Å². The lowest BCUT2D eigenvalue weighted by Crippen LogP contribution is -2.22. The number of aldehydes is 1. The third-order valence-electron chi connectivity index (χ3n) is 7.87. The minimum atomic E-state index is -1.76. The van der Waals surface area contributed by atoms with E-state index < -0.39 is 28.4 Å². The van der Waals surface area contributed by atoms with Crippen LogP contribution >= 0.6 is 0 Å².